The van der Waals surface area contributed by atoms with Crippen LogP contribution in [0.15, 0.2) is 18.2 Å². The molecule has 1 saturated heterocycles. The molecule has 2 unspecified atom stereocenters. The van der Waals surface area contributed by atoms with Gasteiger partial charge in [-0.25, -0.2) is 9.69 Å². The van der Waals surface area contributed by atoms with Crippen LogP contribution in [0.5, 0.6) is 0 Å². The van der Waals surface area contributed by atoms with E-state index in [1.54, 1.807) is 0 Å². The molecule has 3 rings (SSSR count). The molecule has 110 valence electrons. The lowest BCUT2D eigenvalue weighted by Crippen LogP contribution is -2.32. The molecule has 0 aromatic heterocycles. The number of hydrogen-bond donors (Lipinski definition) is 1. The Morgan fingerprint density at radius 3 is 2.33 bits per heavy atom. The number of amides is 2. The Morgan fingerprint density at radius 2 is 1.81 bits per heavy atom. The summed E-state index contributed by atoms with van der Waals surface area (Å²) in [4.78, 5) is 37.1. The number of halogens is 1. The standard InChI is InChI=1S/C15H14ClNO4/c1-7-4-9-10(5-7)14(19)17(13(9)18)12-6-8(15(20)21)2-3-11(12)16/h2-3,6-7,9-10H,4-5H2,1H3,(H,20,21). The Kier molecular flexibility index (Phi) is 3.24. The van der Waals surface area contributed by atoms with Gasteiger partial charge >= 0.3 is 5.97 Å². The Hall–Kier alpha value is -1.88. The number of fused-ring (bicyclic) bond motifs is 1. The molecule has 1 N–H and O–H groups in total. The van der Waals surface area contributed by atoms with Crippen LogP contribution in [-0.2, 0) is 9.59 Å². The second kappa shape index (κ2) is 4.84. The maximum Gasteiger partial charge on any atom is 0.335 e. The number of nitrogens with zero attached hydrogens (tertiary/aromatic N) is 1. The van der Waals surface area contributed by atoms with Crippen molar-refractivity contribution in [3.8, 4) is 0 Å². The van der Waals surface area contributed by atoms with Gasteiger partial charge in [-0.2, -0.15) is 0 Å². The van der Waals surface area contributed by atoms with E-state index in [2.05, 4.69) is 0 Å². The largest absolute Gasteiger partial charge is 0.478 e. The lowest BCUT2D eigenvalue weighted by atomic mass is 10.00. The van der Waals surface area contributed by atoms with E-state index in [9.17, 15) is 14.4 Å². The molecule has 6 heteroatoms. The van der Waals surface area contributed by atoms with Crippen molar-refractivity contribution in [1.29, 1.82) is 0 Å². The second-order valence-electron chi connectivity index (χ2n) is 5.77. The van der Waals surface area contributed by atoms with Crippen LogP contribution >= 0.6 is 11.6 Å². The second-order valence-corrected chi connectivity index (χ2v) is 6.18. The number of anilines is 1. The Labute approximate surface area is 126 Å². The zero-order valence-electron chi connectivity index (χ0n) is 11.4. The van der Waals surface area contributed by atoms with Gasteiger partial charge in [-0.1, -0.05) is 18.5 Å². The molecule has 1 aromatic carbocycles. The van der Waals surface area contributed by atoms with Crippen LogP contribution in [0.2, 0.25) is 5.02 Å². The molecule has 0 bridgehead atoms. The quantitative estimate of drug-likeness (QED) is 0.852. The highest BCUT2D eigenvalue weighted by molar-refractivity contribution is 6.36. The summed E-state index contributed by atoms with van der Waals surface area (Å²) in [6.45, 7) is 2.03. The Balaban J connectivity index is 2.02. The van der Waals surface area contributed by atoms with Gasteiger partial charge in [-0.15, -0.1) is 0 Å². The van der Waals surface area contributed by atoms with E-state index in [0.717, 1.165) is 4.90 Å². The van der Waals surface area contributed by atoms with E-state index in [1.807, 2.05) is 6.92 Å². The smallest absolute Gasteiger partial charge is 0.335 e. The summed E-state index contributed by atoms with van der Waals surface area (Å²) in [6.07, 6.45) is 1.39. The Morgan fingerprint density at radius 1 is 1.24 bits per heavy atom. The summed E-state index contributed by atoms with van der Waals surface area (Å²) >= 11 is 6.06. The third-order valence-corrected chi connectivity index (χ3v) is 4.63. The van der Waals surface area contributed by atoms with E-state index < -0.39 is 5.97 Å². The summed E-state index contributed by atoms with van der Waals surface area (Å²) in [5.74, 6) is -1.89. The number of carbonyl (C=O) groups is 3. The van der Waals surface area contributed by atoms with E-state index in [1.165, 1.54) is 18.2 Å². The van der Waals surface area contributed by atoms with Crippen molar-refractivity contribution in [1.82, 2.24) is 0 Å². The highest BCUT2D eigenvalue weighted by Crippen LogP contribution is 2.45. The minimum atomic E-state index is -1.12. The van der Waals surface area contributed by atoms with Gasteiger partial charge in [0.05, 0.1) is 28.1 Å². The van der Waals surface area contributed by atoms with E-state index in [0.29, 0.717) is 18.8 Å². The molecule has 1 aliphatic carbocycles. The normalized spacial score (nSPS) is 28.1. The molecule has 0 spiro atoms. The first-order chi connectivity index (χ1) is 9.90. The molecule has 0 radical (unpaired) electrons. The number of aromatic carboxylic acids is 1. The molecule has 1 heterocycles. The molecule has 1 saturated carbocycles. The number of benzene rings is 1. The summed E-state index contributed by atoms with van der Waals surface area (Å²) in [6, 6.07) is 4.03. The molecular formula is C15H14ClNO4. The average molecular weight is 308 g/mol. The molecule has 2 aliphatic rings. The zero-order valence-corrected chi connectivity index (χ0v) is 12.1. The fourth-order valence-electron chi connectivity index (χ4n) is 3.33. The lowest BCUT2D eigenvalue weighted by molar-refractivity contribution is -0.123. The van der Waals surface area contributed by atoms with Crippen LogP contribution in [-0.4, -0.2) is 22.9 Å². The third kappa shape index (κ3) is 2.12. The molecule has 21 heavy (non-hydrogen) atoms. The van der Waals surface area contributed by atoms with Crippen LogP contribution in [0.3, 0.4) is 0 Å². The number of carboxylic acids is 1. The molecule has 1 aliphatic heterocycles. The van der Waals surface area contributed by atoms with Crippen LogP contribution in [0.1, 0.15) is 30.1 Å². The predicted molar refractivity (Wildman–Crippen MR) is 76.3 cm³/mol. The summed E-state index contributed by atoms with van der Waals surface area (Å²) in [7, 11) is 0. The van der Waals surface area contributed by atoms with Crippen molar-refractivity contribution >= 4 is 35.1 Å². The monoisotopic (exact) mass is 307 g/mol. The minimum Gasteiger partial charge on any atom is -0.478 e. The van der Waals surface area contributed by atoms with Crippen molar-refractivity contribution in [2.75, 3.05) is 4.90 Å². The van der Waals surface area contributed by atoms with Crippen LogP contribution in [0.25, 0.3) is 0 Å². The highest BCUT2D eigenvalue weighted by Gasteiger charge is 2.52. The van der Waals surface area contributed by atoms with Gasteiger partial charge in [-0.05, 0) is 37.0 Å². The predicted octanol–water partition coefficient (Wildman–Crippen LogP) is 2.57. The maximum absolute atomic E-state index is 12.5. The first kappa shape index (κ1) is 14.1. The number of rotatable bonds is 2. The fourth-order valence-corrected chi connectivity index (χ4v) is 3.53. The summed E-state index contributed by atoms with van der Waals surface area (Å²) in [5, 5.41) is 9.24. The van der Waals surface area contributed by atoms with Crippen molar-refractivity contribution in [3.63, 3.8) is 0 Å². The third-order valence-electron chi connectivity index (χ3n) is 4.31. The molecule has 1 aromatic rings. The first-order valence-electron chi connectivity index (χ1n) is 6.80. The van der Waals surface area contributed by atoms with Crippen LogP contribution < -0.4 is 4.90 Å². The number of imide groups is 1. The molecular weight excluding hydrogens is 294 g/mol. The van der Waals surface area contributed by atoms with Gasteiger partial charge in [0.1, 0.15) is 0 Å². The topological polar surface area (TPSA) is 74.7 Å². The lowest BCUT2D eigenvalue weighted by Gasteiger charge is -2.18. The summed E-state index contributed by atoms with van der Waals surface area (Å²) < 4.78 is 0. The SMILES string of the molecule is CC1CC2C(=O)N(c3cc(C(=O)O)ccc3Cl)C(=O)C2C1. The van der Waals surface area contributed by atoms with Crippen LogP contribution in [0.4, 0.5) is 5.69 Å². The maximum atomic E-state index is 12.5. The van der Waals surface area contributed by atoms with Crippen molar-refractivity contribution in [2.45, 2.75) is 19.8 Å². The zero-order chi connectivity index (χ0) is 15.3. The van der Waals surface area contributed by atoms with Gasteiger partial charge in [-0.3, -0.25) is 9.59 Å². The number of hydrogen-bond acceptors (Lipinski definition) is 3. The van der Waals surface area contributed by atoms with Gasteiger partial charge < -0.3 is 5.11 Å². The highest BCUT2D eigenvalue weighted by atomic mass is 35.5. The first-order valence-corrected chi connectivity index (χ1v) is 7.18. The summed E-state index contributed by atoms with van der Waals surface area (Å²) in [5.41, 5.74) is 0.175. The molecule has 2 atom stereocenters. The van der Waals surface area contributed by atoms with Gasteiger partial charge in [0, 0.05) is 0 Å². The average Bonchev–Trinajstić information content (AvgIpc) is 2.90. The minimum absolute atomic E-state index is 0.000396. The van der Waals surface area contributed by atoms with E-state index in [-0.39, 0.29) is 39.9 Å². The fraction of sp³-hybridized carbons (Fsp3) is 0.400. The molecule has 2 fully saturated rings. The number of carboxylic acid groups (broad SMARTS) is 1. The molecule has 2 amide bonds. The van der Waals surface area contributed by atoms with Crippen molar-refractivity contribution < 1.29 is 19.5 Å². The number of carbonyl (C=O) groups excluding carboxylic acids is 2. The molecule has 5 nitrogen and oxygen atoms in total. The van der Waals surface area contributed by atoms with Crippen LogP contribution in [0, 0.1) is 17.8 Å². The van der Waals surface area contributed by atoms with Gasteiger partial charge in [0.25, 0.3) is 0 Å². The van der Waals surface area contributed by atoms with Crippen molar-refractivity contribution in [2.24, 2.45) is 17.8 Å². The Bertz CT molecular complexity index is 633. The van der Waals surface area contributed by atoms with Gasteiger partial charge in [0.15, 0.2) is 0 Å². The van der Waals surface area contributed by atoms with E-state index in [4.69, 9.17) is 16.7 Å². The van der Waals surface area contributed by atoms with E-state index >= 15 is 0 Å². The van der Waals surface area contributed by atoms with Gasteiger partial charge in [0.2, 0.25) is 11.8 Å². The van der Waals surface area contributed by atoms with Crippen molar-refractivity contribution in [3.05, 3.63) is 28.8 Å².